The first-order valence-electron chi connectivity index (χ1n) is 10.8. The van der Waals surface area contributed by atoms with Crippen LogP contribution in [0.25, 0.3) is 22.3 Å². The van der Waals surface area contributed by atoms with E-state index in [9.17, 15) is 9.59 Å². The van der Waals surface area contributed by atoms with Crippen molar-refractivity contribution in [1.29, 1.82) is 0 Å². The molecule has 2 N–H and O–H groups in total. The number of nitrogens with one attached hydrogen (secondary N) is 2. The van der Waals surface area contributed by atoms with Gasteiger partial charge in [-0.25, -0.2) is 9.97 Å². The van der Waals surface area contributed by atoms with Crippen LogP contribution in [0, 0.1) is 5.92 Å². The van der Waals surface area contributed by atoms with E-state index in [4.69, 9.17) is 9.72 Å². The predicted molar refractivity (Wildman–Crippen MR) is 115 cm³/mol. The molecule has 158 valence electrons. The molecular weight excluding hydrogens is 394 g/mol. The average Bonchev–Trinajstić information content (AvgIpc) is 3.17. The Labute approximate surface area is 179 Å². The number of rotatable bonds is 5. The van der Waals surface area contributed by atoms with Crippen LogP contribution in [0.15, 0.2) is 30.6 Å². The Morgan fingerprint density at radius 1 is 1.19 bits per heavy atom. The van der Waals surface area contributed by atoms with E-state index in [0.29, 0.717) is 31.3 Å². The monoisotopic (exact) mass is 417 g/mol. The van der Waals surface area contributed by atoms with Gasteiger partial charge >= 0.3 is 0 Å². The van der Waals surface area contributed by atoms with E-state index in [1.165, 1.54) is 0 Å². The molecule has 31 heavy (non-hydrogen) atoms. The lowest BCUT2D eigenvalue weighted by Gasteiger charge is -2.20. The number of hydrogen-bond acceptors (Lipinski definition) is 5. The molecule has 2 atom stereocenters. The third-order valence-electron chi connectivity index (χ3n) is 6.46. The van der Waals surface area contributed by atoms with Crippen molar-refractivity contribution in [2.24, 2.45) is 5.92 Å². The zero-order valence-corrected chi connectivity index (χ0v) is 17.2. The number of hydrogen-bond donors (Lipinski definition) is 2. The number of carbonyl (C=O) groups is 2. The van der Waals surface area contributed by atoms with Gasteiger partial charge in [0.15, 0.2) is 0 Å². The Kier molecular flexibility index (Phi) is 4.03. The van der Waals surface area contributed by atoms with Gasteiger partial charge in [-0.3, -0.25) is 9.59 Å². The van der Waals surface area contributed by atoms with Crippen LogP contribution < -0.4 is 15.4 Å². The number of aromatic nitrogens is 3. The first kappa shape index (κ1) is 18.4. The van der Waals surface area contributed by atoms with E-state index in [1.807, 2.05) is 37.5 Å². The summed E-state index contributed by atoms with van der Waals surface area (Å²) >= 11 is 0. The zero-order valence-electron chi connectivity index (χ0n) is 17.2. The van der Waals surface area contributed by atoms with E-state index in [0.717, 1.165) is 46.4 Å². The van der Waals surface area contributed by atoms with Crippen LogP contribution in [-0.2, 0) is 16.0 Å². The summed E-state index contributed by atoms with van der Waals surface area (Å²) in [5.74, 6) is 0.737. The second-order valence-corrected chi connectivity index (χ2v) is 8.75. The third kappa shape index (κ3) is 3.22. The number of nitrogens with zero attached hydrogens (tertiary/aromatic N) is 3. The molecule has 1 saturated carbocycles. The summed E-state index contributed by atoms with van der Waals surface area (Å²) in [6, 6.07) is 8.33. The highest BCUT2D eigenvalue weighted by atomic mass is 16.5. The molecule has 2 fully saturated rings. The molecule has 0 unspecified atom stereocenters. The first-order chi connectivity index (χ1) is 15.0. The van der Waals surface area contributed by atoms with E-state index >= 15 is 0 Å². The van der Waals surface area contributed by atoms with Gasteiger partial charge < -0.3 is 19.9 Å². The standard InChI is InChI=1S/C23H23N5O3/c1-12(15-8-20(29)24-10-15)31-23-22-19(25-11-28(22)16-4-5-16)9-18(27-23)13-2-3-14-7-21(30)26-17(14)6-13/h2-3,6,9,11-12,15-16H,4-5,7-8,10H2,1H3,(H,24,29)(H,26,30)/t12-,15-/m1/s1. The van der Waals surface area contributed by atoms with Crippen LogP contribution in [0.3, 0.4) is 0 Å². The zero-order chi connectivity index (χ0) is 21.1. The number of benzene rings is 1. The average molecular weight is 417 g/mol. The van der Waals surface area contributed by atoms with Crippen molar-refractivity contribution in [2.45, 2.75) is 44.8 Å². The second-order valence-electron chi connectivity index (χ2n) is 8.75. The molecule has 1 aromatic carbocycles. The van der Waals surface area contributed by atoms with Gasteiger partial charge in [-0.2, -0.15) is 0 Å². The number of anilines is 1. The van der Waals surface area contributed by atoms with Crippen LogP contribution in [0.2, 0.25) is 0 Å². The maximum atomic E-state index is 11.7. The second kappa shape index (κ2) is 6.80. The summed E-state index contributed by atoms with van der Waals surface area (Å²) in [6.45, 7) is 2.61. The van der Waals surface area contributed by atoms with Crippen LogP contribution in [0.1, 0.15) is 37.8 Å². The molecule has 2 aliphatic heterocycles. The summed E-state index contributed by atoms with van der Waals surface area (Å²) in [5, 5.41) is 5.78. The van der Waals surface area contributed by atoms with E-state index in [-0.39, 0.29) is 23.8 Å². The van der Waals surface area contributed by atoms with Gasteiger partial charge in [-0.15, -0.1) is 0 Å². The Morgan fingerprint density at radius 2 is 2.06 bits per heavy atom. The molecule has 2 amide bonds. The smallest absolute Gasteiger partial charge is 0.241 e. The third-order valence-corrected chi connectivity index (χ3v) is 6.46. The summed E-state index contributed by atoms with van der Waals surface area (Å²) in [7, 11) is 0. The van der Waals surface area contributed by atoms with Gasteiger partial charge in [-0.1, -0.05) is 12.1 Å². The number of amides is 2. The lowest BCUT2D eigenvalue weighted by molar-refractivity contribution is -0.119. The molecule has 3 aromatic rings. The van der Waals surface area contributed by atoms with Gasteiger partial charge in [0.2, 0.25) is 17.7 Å². The summed E-state index contributed by atoms with van der Waals surface area (Å²) < 4.78 is 8.54. The molecule has 8 nitrogen and oxygen atoms in total. The fraction of sp³-hybridized carbons (Fsp3) is 0.391. The molecular formula is C23H23N5O3. The molecule has 1 aliphatic carbocycles. The maximum absolute atomic E-state index is 11.7. The van der Waals surface area contributed by atoms with Crippen molar-refractivity contribution in [3.63, 3.8) is 0 Å². The highest BCUT2D eigenvalue weighted by Gasteiger charge is 2.31. The molecule has 6 rings (SSSR count). The van der Waals surface area contributed by atoms with Crippen molar-refractivity contribution in [2.75, 3.05) is 11.9 Å². The lowest BCUT2D eigenvalue weighted by atomic mass is 10.0. The summed E-state index contributed by atoms with van der Waals surface area (Å²) in [5.41, 5.74) is 5.23. The molecule has 0 spiro atoms. The van der Waals surface area contributed by atoms with Crippen molar-refractivity contribution in [3.8, 4) is 17.1 Å². The quantitative estimate of drug-likeness (QED) is 0.665. The van der Waals surface area contributed by atoms with Gasteiger partial charge in [0, 0.05) is 36.2 Å². The molecule has 0 radical (unpaired) electrons. The Hall–Kier alpha value is -3.42. The Bertz CT molecular complexity index is 1230. The fourth-order valence-electron chi connectivity index (χ4n) is 4.49. The SMILES string of the molecule is C[C@@H](Oc1nc(-c2ccc3c(c2)NC(=O)C3)cc2ncn(C3CC3)c12)[C@H]1CNC(=O)C1. The minimum atomic E-state index is -0.160. The number of ether oxygens (including phenoxy) is 1. The normalized spacial score (nSPS) is 21.1. The Morgan fingerprint density at radius 3 is 2.84 bits per heavy atom. The summed E-state index contributed by atoms with van der Waals surface area (Å²) in [6.07, 6.45) is 4.85. The number of fused-ring (bicyclic) bond motifs is 2. The summed E-state index contributed by atoms with van der Waals surface area (Å²) in [4.78, 5) is 32.9. The Balaban J connectivity index is 1.41. The van der Waals surface area contributed by atoms with Crippen molar-refractivity contribution in [3.05, 3.63) is 36.2 Å². The highest BCUT2D eigenvalue weighted by molar-refractivity contribution is 6.00. The van der Waals surface area contributed by atoms with Crippen molar-refractivity contribution >= 4 is 28.5 Å². The van der Waals surface area contributed by atoms with Crippen molar-refractivity contribution < 1.29 is 14.3 Å². The number of carbonyl (C=O) groups excluding carboxylic acids is 2. The lowest BCUT2D eigenvalue weighted by Crippen LogP contribution is -2.26. The minimum Gasteiger partial charge on any atom is -0.473 e. The van der Waals surface area contributed by atoms with Gasteiger partial charge in [0.1, 0.15) is 11.6 Å². The molecule has 3 aliphatic rings. The van der Waals surface area contributed by atoms with Crippen LogP contribution >= 0.6 is 0 Å². The van der Waals surface area contributed by atoms with E-state index in [1.54, 1.807) is 0 Å². The maximum Gasteiger partial charge on any atom is 0.241 e. The minimum absolute atomic E-state index is 0.0105. The molecule has 8 heteroatoms. The topological polar surface area (TPSA) is 98.1 Å². The molecule has 1 saturated heterocycles. The number of imidazole rings is 1. The molecule has 4 heterocycles. The van der Waals surface area contributed by atoms with Crippen LogP contribution in [0.4, 0.5) is 5.69 Å². The van der Waals surface area contributed by atoms with Gasteiger partial charge in [-0.05, 0) is 37.5 Å². The van der Waals surface area contributed by atoms with Crippen LogP contribution in [0.5, 0.6) is 5.88 Å². The van der Waals surface area contributed by atoms with Crippen molar-refractivity contribution in [1.82, 2.24) is 19.9 Å². The predicted octanol–water partition coefficient (Wildman–Crippen LogP) is 2.83. The van der Waals surface area contributed by atoms with Gasteiger partial charge in [0.05, 0.1) is 24.0 Å². The van der Waals surface area contributed by atoms with Gasteiger partial charge in [0.25, 0.3) is 0 Å². The van der Waals surface area contributed by atoms with E-state index < -0.39 is 0 Å². The molecule has 0 bridgehead atoms. The first-order valence-corrected chi connectivity index (χ1v) is 10.8. The largest absolute Gasteiger partial charge is 0.473 e. The van der Waals surface area contributed by atoms with E-state index in [2.05, 4.69) is 20.2 Å². The molecule has 2 aromatic heterocycles. The fourth-order valence-corrected chi connectivity index (χ4v) is 4.49. The number of pyridine rings is 1. The van der Waals surface area contributed by atoms with Crippen LogP contribution in [-0.4, -0.2) is 39.0 Å². The highest BCUT2D eigenvalue weighted by Crippen LogP contribution is 2.41.